The van der Waals surface area contributed by atoms with Crippen molar-refractivity contribution in [2.24, 2.45) is 0 Å². The van der Waals surface area contributed by atoms with Gasteiger partial charge in [0, 0.05) is 5.54 Å². The average molecular weight is 212 g/mol. The third-order valence-corrected chi connectivity index (χ3v) is 3.59. The lowest BCUT2D eigenvalue weighted by Gasteiger charge is -2.44. The van der Waals surface area contributed by atoms with Gasteiger partial charge >= 0.3 is 0 Å². The van der Waals surface area contributed by atoms with Crippen molar-refractivity contribution in [3.05, 3.63) is 0 Å². The first-order valence-electron chi connectivity index (χ1n) is 5.66. The minimum atomic E-state index is -0.130. The summed E-state index contributed by atoms with van der Waals surface area (Å²) in [5, 5.41) is 2.58. The molecular weight excluding hydrogens is 192 g/mol. The second kappa shape index (κ2) is 4.64. The van der Waals surface area contributed by atoms with Crippen LogP contribution in [0, 0.1) is 0 Å². The van der Waals surface area contributed by atoms with Crippen LogP contribution < -0.4 is 5.32 Å². The Hall–Kier alpha value is -1.06. The SMILES string of the molecule is CCC(CC)(CC)N1CC(=O)NCC1=O. The van der Waals surface area contributed by atoms with E-state index in [0.717, 1.165) is 19.3 Å². The van der Waals surface area contributed by atoms with E-state index in [2.05, 4.69) is 26.1 Å². The first-order valence-corrected chi connectivity index (χ1v) is 5.66. The van der Waals surface area contributed by atoms with Crippen molar-refractivity contribution >= 4 is 11.8 Å². The molecule has 0 aliphatic carbocycles. The topological polar surface area (TPSA) is 49.4 Å². The Morgan fingerprint density at radius 3 is 2.20 bits per heavy atom. The molecule has 1 fully saturated rings. The molecule has 1 aliphatic rings. The Kier molecular flexibility index (Phi) is 3.72. The zero-order chi connectivity index (χ0) is 11.5. The molecule has 0 aromatic carbocycles. The van der Waals surface area contributed by atoms with Gasteiger partial charge in [-0.2, -0.15) is 0 Å². The minimum Gasteiger partial charge on any atom is -0.345 e. The third-order valence-electron chi connectivity index (χ3n) is 3.59. The summed E-state index contributed by atoms with van der Waals surface area (Å²) in [6, 6.07) is 0. The summed E-state index contributed by atoms with van der Waals surface area (Å²) in [5.74, 6) is -0.00512. The fraction of sp³-hybridized carbons (Fsp3) is 0.818. The molecule has 0 spiro atoms. The lowest BCUT2D eigenvalue weighted by atomic mass is 9.87. The van der Waals surface area contributed by atoms with Crippen molar-refractivity contribution in [3.63, 3.8) is 0 Å². The quantitative estimate of drug-likeness (QED) is 0.753. The Morgan fingerprint density at radius 1 is 1.20 bits per heavy atom. The highest BCUT2D eigenvalue weighted by Crippen LogP contribution is 2.28. The number of hydrogen-bond acceptors (Lipinski definition) is 2. The molecular formula is C11H20N2O2. The highest BCUT2D eigenvalue weighted by atomic mass is 16.2. The maximum atomic E-state index is 11.8. The highest BCUT2D eigenvalue weighted by Gasteiger charge is 2.38. The molecule has 0 aromatic heterocycles. The molecule has 0 radical (unpaired) electrons. The van der Waals surface area contributed by atoms with Gasteiger partial charge in [0.15, 0.2) is 0 Å². The molecule has 0 aromatic rings. The van der Waals surface area contributed by atoms with Crippen molar-refractivity contribution < 1.29 is 9.59 Å². The molecule has 1 saturated heterocycles. The van der Waals surface area contributed by atoms with Crippen LogP contribution in [0.2, 0.25) is 0 Å². The zero-order valence-electron chi connectivity index (χ0n) is 9.80. The van der Waals surface area contributed by atoms with Crippen molar-refractivity contribution in [2.75, 3.05) is 13.1 Å². The molecule has 15 heavy (non-hydrogen) atoms. The van der Waals surface area contributed by atoms with Gasteiger partial charge in [-0.3, -0.25) is 9.59 Å². The molecule has 0 unspecified atom stereocenters. The second-order valence-corrected chi connectivity index (χ2v) is 4.04. The van der Waals surface area contributed by atoms with E-state index in [1.54, 1.807) is 4.90 Å². The molecule has 1 aliphatic heterocycles. The number of carbonyl (C=O) groups excluding carboxylic acids is 2. The normalized spacial score (nSPS) is 17.9. The molecule has 0 bridgehead atoms. The van der Waals surface area contributed by atoms with Crippen LogP contribution in [0.4, 0.5) is 0 Å². The van der Waals surface area contributed by atoms with E-state index in [0.29, 0.717) is 0 Å². The zero-order valence-corrected chi connectivity index (χ0v) is 9.80. The van der Waals surface area contributed by atoms with Gasteiger partial charge in [0.1, 0.15) is 6.54 Å². The van der Waals surface area contributed by atoms with Crippen LogP contribution in [0.3, 0.4) is 0 Å². The lowest BCUT2D eigenvalue weighted by Crippen LogP contribution is -2.60. The third kappa shape index (κ3) is 2.13. The molecule has 4 nitrogen and oxygen atoms in total. The molecule has 86 valence electrons. The van der Waals surface area contributed by atoms with Gasteiger partial charge in [0.25, 0.3) is 0 Å². The van der Waals surface area contributed by atoms with Crippen molar-refractivity contribution in [1.29, 1.82) is 0 Å². The molecule has 4 heteroatoms. The van der Waals surface area contributed by atoms with Gasteiger partial charge in [-0.05, 0) is 19.3 Å². The second-order valence-electron chi connectivity index (χ2n) is 4.04. The summed E-state index contributed by atoms with van der Waals surface area (Å²) in [7, 11) is 0. The fourth-order valence-corrected chi connectivity index (χ4v) is 2.31. The van der Waals surface area contributed by atoms with Crippen molar-refractivity contribution in [1.82, 2.24) is 10.2 Å². The van der Waals surface area contributed by atoms with E-state index in [1.165, 1.54) is 0 Å². The van der Waals surface area contributed by atoms with Gasteiger partial charge in [-0.25, -0.2) is 0 Å². The van der Waals surface area contributed by atoms with Crippen LogP contribution in [0.5, 0.6) is 0 Å². The predicted molar refractivity (Wildman–Crippen MR) is 58.3 cm³/mol. The number of amides is 2. The first kappa shape index (κ1) is 12.0. The van der Waals surface area contributed by atoms with E-state index in [1.807, 2.05) is 0 Å². The maximum absolute atomic E-state index is 11.8. The van der Waals surface area contributed by atoms with Gasteiger partial charge in [-0.1, -0.05) is 20.8 Å². The minimum absolute atomic E-state index is 0.0418. The van der Waals surface area contributed by atoms with Crippen LogP contribution >= 0.6 is 0 Å². The molecule has 1 N–H and O–H groups in total. The van der Waals surface area contributed by atoms with Crippen LogP contribution in [0.15, 0.2) is 0 Å². The number of hydrogen-bond donors (Lipinski definition) is 1. The van der Waals surface area contributed by atoms with Crippen LogP contribution in [0.25, 0.3) is 0 Å². The van der Waals surface area contributed by atoms with Crippen LogP contribution in [-0.2, 0) is 9.59 Å². The van der Waals surface area contributed by atoms with Crippen LogP contribution in [0.1, 0.15) is 40.0 Å². The molecule has 1 heterocycles. The molecule has 0 saturated carbocycles. The first-order chi connectivity index (χ1) is 7.09. The number of nitrogens with zero attached hydrogens (tertiary/aromatic N) is 1. The summed E-state index contributed by atoms with van der Waals surface area (Å²) in [6.45, 7) is 6.60. The fourth-order valence-electron chi connectivity index (χ4n) is 2.31. The summed E-state index contributed by atoms with van der Waals surface area (Å²) in [4.78, 5) is 24.8. The maximum Gasteiger partial charge on any atom is 0.242 e. The van der Waals surface area contributed by atoms with Gasteiger partial charge in [0.2, 0.25) is 11.8 Å². The summed E-state index contributed by atoms with van der Waals surface area (Å²) < 4.78 is 0. The molecule has 0 atom stereocenters. The molecule has 2 amide bonds. The number of carbonyl (C=O) groups is 2. The van der Waals surface area contributed by atoms with Crippen molar-refractivity contribution in [3.8, 4) is 0 Å². The Balaban J connectivity index is 2.90. The number of rotatable bonds is 4. The van der Waals surface area contributed by atoms with E-state index >= 15 is 0 Å². The van der Waals surface area contributed by atoms with Crippen LogP contribution in [-0.4, -0.2) is 35.3 Å². The van der Waals surface area contributed by atoms with E-state index in [4.69, 9.17) is 0 Å². The Labute approximate surface area is 91.0 Å². The monoisotopic (exact) mass is 212 g/mol. The van der Waals surface area contributed by atoms with Gasteiger partial charge < -0.3 is 10.2 Å². The van der Waals surface area contributed by atoms with Gasteiger partial charge in [-0.15, -0.1) is 0 Å². The largest absolute Gasteiger partial charge is 0.345 e. The smallest absolute Gasteiger partial charge is 0.242 e. The predicted octanol–water partition coefficient (Wildman–Crippen LogP) is 0.914. The lowest BCUT2D eigenvalue weighted by molar-refractivity contribution is -0.147. The van der Waals surface area contributed by atoms with Crippen molar-refractivity contribution in [2.45, 2.75) is 45.6 Å². The summed E-state index contributed by atoms with van der Waals surface area (Å²) in [5.41, 5.74) is -0.130. The number of nitrogens with one attached hydrogen (secondary N) is 1. The Bertz CT molecular complexity index is 251. The van der Waals surface area contributed by atoms with E-state index in [9.17, 15) is 9.59 Å². The standard InChI is InChI=1S/C11H20N2O2/c1-4-11(5-2,6-3)13-8-9(14)12-7-10(13)15/h4-8H2,1-3H3,(H,12,14). The summed E-state index contributed by atoms with van der Waals surface area (Å²) in [6.07, 6.45) is 2.71. The number of piperazine rings is 1. The van der Waals surface area contributed by atoms with Gasteiger partial charge in [0.05, 0.1) is 6.54 Å². The molecule has 1 rings (SSSR count). The highest BCUT2D eigenvalue weighted by molar-refractivity contribution is 5.92. The summed E-state index contributed by atoms with van der Waals surface area (Å²) >= 11 is 0. The van der Waals surface area contributed by atoms with E-state index < -0.39 is 0 Å². The van der Waals surface area contributed by atoms with E-state index in [-0.39, 0.29) is 30.4 Å². The average Bonchev–Trinajstić information content (AvgIpc) is 2.26. The Morgan fingerprint density at radius 2 is 1.73 bits per heavy atom.